The van der Waals surface area contributed by atoms with Gasteiger partial charge in [0.1, 0.15) is 0 Å². The standard InChI is InChI=1S/C15H23N3O3S/c1-12(13-6-8-14(9-7-13)22(16,20)21)17-15(19)18-10-4-2-3-5-11-18/h6-9,12H,2-5,10-11H2,1H3,(H,17,19)(H2,16,20,21). The quantitative estimate of drug-likeness (QED) is 0.890. The highest BCUT2D eigenvalue weighted by Crippen LogP contribution is 2.16. The Morgan fingerprint density at radius 1 is 1.14 bits per heavy atom. The fraction of sp³-hybridized carbons (Fsp3) is 0.533. The van der Waals surface area contributed by atoms with Crippen LogP contribution in [0.2, 0.25) is 0 Å². The van der Waals surface area contributed by atoms with E-state index >= 15 is 0 Å². The van der Waals surface area contributed by atoms with Crippen molar-refractivity contribution in [3.8, 4) is 0 Å². The number of benzene rings is 1. The lowest BCUT2D eigenvalue weighted by Crippen LogP contribution is -2.41. The van der Waals surface area contributed by atoms with E-state index in [9.17, 15) is 13.2 Å². The molecule has 6 nitrogen and oxygen atoms in total. The molecule has 1 saturated heterocycles. The van der Waals surface area contributed by atoms with E-state index in [2.05, 4.69) is 5.32 Å². The number of amides is 2. The molecule has 1 heterocycles. The number of carbonyl (C=O) groups excluding carboxylic acids is 1. The first-order chi connectivity index (χ1) is 10.4. The Balaban J connectivity index is 1.99. The Morgan fingerprint density at radius 2 is 1.68 bits per heavy atom. The zero-order chi connectivity index (χ0) is 16.2. The molecule has 7 heteroatoms. The number of hydrogen-bond acceptors (Lipinski definition) is 3. The number of nitrogens with zero attached hydrogens (tertiary/aromatic N) is 1. The third kappa shape index (κ3) is 4.45. The normalized spacial score (nSPS) is 17.6. The molecule has 0 saturated carbocycles. The van der Waals surface area contributed by atoms with E-state index in [0.29, 0.717) is 0 Å². The van der Waals surface area contributed by atoms with Gasteiger partial charge in [0.25, 0.3) is 0 Å². The van der Waals surface area contributed by atoms with E-state index in [1.807, 2.05) is 11.8 Å². The van der Waals surface area contributed by atoms with Gasteiger partial charge in [0.2, 0.25) is 10.0 Å². The summed E-state index contributed by atoms with van der Waals surface area (Å²) < 4.78 is 22.5. The van der Waals surface area contributed by atoms with Crippen LogP contribution in [0.4, 0.5) is 4.79 Å². The van der Waals surface area contributed by atoms with E-state index in [4.69, 9.17) is 5.14 Å². The van der Waals surface area contributed by atoms with Crippen LogP contribution in [0, 0.1) is 0 Å². The maximum absolute atomic E-state index is 12.3. The average Bonchev–Trinajstić information content (AvgIpc) is 2.75. The van der Waals surface area contributed by atoms with Gasteiger partial charge in [0.05, 0.1) is 10.9 Å². The molecule has 0 aromatic heterocycles. The fourth-order valence-electron chi connectivity index (χ4n) is 2.58. The number of hydrogen-bond donors (Lipinski definition) is 2. The van der Waals surface area contributed by atoms with Gasteiger partial charge in [-0.15, -0.1) is 0 Å². The summed E-state index contributed by atoms with van der Waals surface area (Å²) in [5, 5.41) is 8.03. The molecule has 1 aromatic carbocycles. The Hall–Kier alpha value is -1.60. The van der Waals surface area contributed by atoms with E-state index in [-0.39, 0.29) is 17.0 Å². The van der Waals surface area contributed by atoms with Crippen molar-refractivity contribution in [2.24, 2.45) is 5.14 Å². The van der Waals surface area contributed by atoms with Crippen LogP contribution in [-0.2, 0) is 10.0 Å². The highest BCUT2D eigenvalue weighted by Gasteiger charge is 2.18. The second kappa shape index (κ2) is 7.11. The maximum Gasteiger partial charge on any atom is 0.317 e. The van der Waals surface area contributed by atoms with Crippen LogP contribution < -0.4 is 10.5 Å². The average molecular weight is 325 g/mol. The Kier molecular flexibility index (Phi) is 5.42. The third-order valence-electron chi connectivity index (χ3n) is 3.94. The molecule has 2 amide bonds. The van der Waals surface area contributed by atoms with E-state index in [1.165, 1.54) is 25.0 Å². The maximum atomic E-state index is 12.3. The van der Waals surface area contributed by atoms with Crippen molar-refractivity contribution in [3.05, 3.63) is 29.8 Å². The fourth-order valence-corrected chi connectivity index (χ4v) is 3.10. The Labute approximate surface area is 131 Å². The third-order valence-corrected chi connectivity index (χ3v) is 4.87. The van der Waals surface area contributed by atoms with Gasteiger partial charge in [-0.3, -0.25) is 0 Å². The molecule has 3 N–H and O–H groups in total. The number of nitrogens with two attached hydrogens (primary N) is 1. The first kappa shape index (κ1) is 16.8. The molecule has 1 atom stereocenters. The van der Waals surface area contributed by atoms with Gasteiger partial charge < -0.3 is 10.2 Å². The monoisotopic (exact) mass is 325 g/mol. The first-order valence-electron chi connectivity index (χ1n) is 7.56. The highest BCUT2D eigenvalue weighted by atomic mass is 32.2. The molecule has 1 aromatic rings. The van der Waals surface area contributed by atoms with Gasteiger partial charge in [-0.05, 0) is 37.5 Å². The summed E-state index contributed by atoms with van der Waals surface area (Å²) in [4.78, 5) is 14.2. The second-order valence-corrected chi connectivity index (χ2v) is 7.25. The number of likely N-dealkylation sites (tertiary alicyclic amines) is 1. The van der Waals surface area contributed by atoms with Crippen LogP contribution in [0.5, 0.6) is 0 Å². The lowest BCUT2D eigenvalue weighted by molar-refractivity contribution is 0.196. The zero-order valence-corrected chi connectivity index (χ0v) is 13.6. The highest BCUT2D eigenvalue weighted by molar-refractivity contribution is 7.89. The van der Waals surface area contributed by atoms with Crippen molar-refractivity contribution < 1.29 is 13.2 Å². The van der Waals surface area contributed by atoms with E-state index in [1.54, 1.807) is 12.1 Å². The molecular formula is C15H23N3O3S. The van der Waals surface area contributed by atoms with Gasteiger partial charge in [-0.25, -0.2) is 18.4 Å². The molecule has 1 aliphatic heterocycles. The molecule has 122 valence electrons. The molecule has 0 spiro atoms. The van der Waals surface area contributed by atoms with E-state index in [0.717, 1.165) is 31.5 Å². The minimum Gasteiger partial charge on any atom is -0.331 e. The number of urea groups is 1. The minimum absolute atomic E-state index is 0.0649. The molecule has 0 radical (unpaired) electrons. The summed E-state index contributed by atoms with van der Waals surface area (Å²) in [6.45, 7) is 3.47. The van der Waals surface area contributed by atoms with E-state index < -0.39 is 10.0 Å². The number of primary sulfonamides is 1. The number of carbonyl (C=O) groups is 1. The van der Waals surface area contributed by atoms with Crippen LogP contribution in [0.25, 0.3) is 0 Å². The van der Waals surface area contributed by atoms with Gasteiger partial charge in [0.15, 0.2) is 0 Å². The largest absolute Gasteiger partial charge is 0.331 e. The molecule has 2 rings (SSSR count). The van der Waals surface area contributed by atoms with Gasteiger partial charge in [-0.2, -0.15) is 0 Å². The number of rotatable bonds is 3. The van der Waals surface area contributed by atoms with Crippen LogP contribution in [0.1, 0.15) is 44.2 Å². The topological polar surface area (TPSA) is 92.5 Å². The molecule has 1 unspecified atom stereocenters. The smallest absolute Gasteiger partial charge is 0.317 e. The van der Waals surface area contributed by atoms with Crippen molar-refractivity contribution in [1.82, 2.24) is 10.2 Å². The molecular weight excluding hydrogens is 302 g/mol. The predicted molar refractivity (Wildman–Crippen MR) is 84.8 cm³/mol. The number of nitrogens with one attached hydrogen (secondary N) is 1. The predicted octanol–water partition coefficient (Wildman–Crippen LogP) is 1.98. The summed E-state index contributed by atoms with van der Waals surface area (Å²) in [6.07, 6.45) is 4.44. The summed E-state index contributed by atoms with van der Waals surface area (Å²) in [5.74, 6) is 0. The summed E-state index contributed by atoms with van der Waals surface area (Å²) in [6, 6.07) is 6.01. The van der Waals surface area contributed by atoms with Crippen molar-refractivity contribution >= 4 is 16.1 Å². The molecule has 0 aliphatic carbocycles. The summed E-state index contributed by atoms with van der Waals surface area (Å²) in [7, 11) is -3.69. The van der Waals surface area contributed by atoms with Crippen molar-refractivity contribution in [2.75, 3.05) is 13.1 Å². The van der Waals surface area contributed by atoms with Crippen LogP contribution in [-0.4, -0.2) is 32.4 Å². The number of sulfonamides is 1. The molecule has 22 heavy (non-hydrogen) atoms. The van der Waals surface area contributed by atoms with Crippen molar-refractivity contribution in [2.45, 2.75) is 43.5 Å². The van der Waals surface area contributed by atoms with Crippen LogP contribution in [0.15, 0.2) is 29.2 Å². The van der Waals surface area contributed by atoms with Gasteiger partial charge in [0, 0.05) is 13.1 Å². The van der Waals surface area contributed by atoms with Gasteiger partial charge >= 0.3 is 6.03 Å². The zero-order valence-electron chi connectivity index (χ0n) is 12.8. The SMILES string of the molecule is CC(NC(=O)N1CCCCCC1)c1ccc(S(N)(=O)=O)cc1. The first-order valence-corrected chi connectivity index (χ1v) is 9.11. The second-order valence-electron chi connectivity index (χ2n) is 5.69. The van der Waals surface area contributed by atoms with Crippen molar-refractivity contribution in [3.63, 3.8) is 0 Å². The lowest BCUT2D eigenvalue weighted by Gasteiger charge is -2.24. The Bertz CT molecular complexity index is 605. The van der Waals surface area contributed by atoms with Crippen molar-refractivity contribution in [1.29, 1.82) is 0 Å². The molecule has 1 aliphatic rings. The molecule has 0 bridgehead atoms. The Morgan fingerprint density at radius 3 is 2.18 bits per heavy atom. The molecule has 1 fully saturated rings. The summed E-state index contributed by atoms with van der Waals surface area (Å²) in [5.41, 5.74) is 0.843. The van der Waals surface area contributed by atoms with Crippen LogP contribution >= 0.6 is 0 Å². The van der Waals surface area contributed by atoms with Gasteiger partial charge in [-0.1, -0.05) is 25.0 Å². The minimum atomic E-state index is -3.69. The summed E-state index contributed by atoms with van der Waals surface area (Å²) >= 11 is 0. The van der Waals surface area contributed by atoms with Crippen LogP contribution in [0.3, 0.4) is 0 Å². The lowest BCUT2D eigenvalue weighted by atomic mass is 10.1.